The summed E-state index contributed by atoms with van der Waals surface area (Å²) in [6, 6.07) is 0. The van der Waals surface area contributed by atoms with E-state index >= 15 is 0 Å². The van der Waals surface area contributed by atoms with E-state index in [9.17, 15) is 19.5 Å². The Morgan fingerprint density at radius 1 is 0.724 bits per heavy atom. The van der Waals surface area contributed by atoms with Crippen molar-refractivity contribution in [1.82, 2.24) is 0 Å². The van der Waals surface area contributed by atoms with Crippen molar-refractivity contribution in [3.05, 3.63) is 24.3 Å². The Bertz CT molecular complexity index is 1670. The van der Waals surface area contributed by atoms with Gasteiger partial charge in [0.1, 0.15) is 18.3 Å². The maximum atomic E-state index is 14.7. The highest BCUT2D eigenvalue weighted by molar-refractivity contribution is 6.56. The number of carbonyl (C=O) groups is 3. The summed E-state index contributed by atoms with van der Waals surface area (Å²) >= 11 is 0. The molecule has 8 aliphatic heterocycles. The minimum Gasteiger partial charge on any atom is -0.504 e. The maximum Gasteiger partial charge on any atom is 0.536 e. The molecule has 8 aliphatic rings. The third kappa shape index (κ3) is 7.19. The first kappa shape index (κ1) is 42.3. The van der Waals surface area contributed by atoms with Gasteiger partial charge in [-0.15, -0.1) is 0 Å². The molecular formula is C42H62BO15-. The predicted octanol–water partition coefficient (Wildman–Crippen LogP) is 4.72. The van der Waals surface area contributed by atoms with Crippen LogP contribution < -0.4 is 0 Å². The van der Waals surface area contributed by atoms with Crippen LogP contribution in [0.5, 0.6) is 0 Å². The van der Waals surface area contributed by atoms with Gasteiger partial charge in [0.05, 0.1) is 42.7 Å². The molecule has 6 fully saturated rings. The second-order valence-electron chi connectivity index (χ2n) is 19.2. The van der Waals surface area contributed by atoms with Crippen molar-refractivity contribution in [3.8, 4) is 0 Å². The lowest BCUT2D eigenvalue weighted by molar-refractivity contribution is -0.311. The van der Waals surface area contributed by atoms with Crippen LogP contribution in [0.2, 0.25) is 0 Å². The van der Waals surface area contributed by atoms with E-state index in [0.717, 1.165) is 0 Å². The van der Waals surface area contributed by atoms with Crippen LogP contribution in [0.3, 0.4) is 0 Å². The van der Waals surface area contributed by atoms with Crippen molar-refractivity contribution in [2.24, 2.45) is 22.7 Å². The fourth-order valence-corrected chi connectivity index (χ4v) is 10.5. The van der Waals surface area contributed by atoms with Crippen LogP contribution in [0.1, 0.15) is 114 Å². The number of esters is 3. The molecule has 17 atom stereocenters. The average molecular weight is 818 g/mol. The fraction of sp³-hybridized carbons (Fsp3) is 0.833. The number of hydrogen-bond acceptors (Lipinski definition) is 15. The molecule has 6 saturated heterocycles. The van der Waals surface area contributed by atoms with Crippen LogP contribution in [0.4, 0.5) is 0 Å². The fourth-order valence-electron chi connectivity index (χ4n) is 10.5. The number of rotatable bonds is 1. The molecular weight excluding hydrogens is 755 g/mol. The van der Waals surface area contributed by atoms with Crippen molar-refractivity contribution in [1.29, 1.82) is 0 Å². The van der Waals surface area contributed by atoms with E-state index in [0.29, 0.717) is 51.4 Å². The second-order valence-corrected chi connectivity index (χ2v) is 19.2. The molecule has 0 radical (unpaired) electrons. The summed E-state index contributed by atoms with van der Waals surface area (Å²) in [6.45, 7) is 13.2. The van der Waals surface area contributed by atoms with Gasteiger partial charge >= 0.3 is 24.9 Å². The number of hydrogen-bond donors (Lipinski definition) is 1. The topological polar surface area (TPSA) is 173 Å². The Balaban J connectivity index is 1.28. The Morgan fingerprint density at radius 2 is 1.19 bits per heavy atom. The SMILES string of the molecule is CC(=O)O[C@@H]1C/C=C/[C@@H]2C[C@H](OC(=O)[C@@H]3O[B-]45O[C@@H](C(=O)O[C@H]6C[C@@H](/C=C/C[C@@H](O)C(C)(C)[C@@H]7CC[C@@H](C)[C@]3(O7)O4)O[C@@H]6C)[C@@]3(O[C@@H](CC[C@H]3C)C1(C)C)O5)[C@@H](C)O2. The molecule has 0 aliphatic carbocycles. The Kier molecular flexibility index (Phi) is 11.1. The van der Waals surface area contributed by atoms with E-state index in [1.165, 1.54) is 6.92 Å². The second kappa shape index (κ2) is 15.2. The summed E-state index contributed by atoms with van der Waals surface area (Å²) < 4.78 is 72.2. The number of ether oxygens (including phenoxy) is 7. The monoisotopic (exact) mass is 817 g/mol. The first-order chi connectivity index (χ1) is 27.3. The van der Waals surface area contributed by atoms with Crippen LogP contribution in [0, 0.1) is 22.7 Å². The van der Waals surface area contributed by atoms with Crippen molar-refractivity contribution in [2.75, 3.05) is 0 Å². The van der Waals surface area contributed by atoms with Crippen LogP contribution >= 0.6 is 0 Å². The molecule has 0 amide bonds. The van der Waals surface area contributed by atoms with E-state index in [-0.39, 0.29) is 12.2 Å². The van der Waals surface area contributed by atoms with E-state index < -0.39 is 120 Å². The zero-order valence-electron chi connectivity index (χ0n) is 35.3. The van der Waals surface area contributed by atoms with E-state index in [4.69, 9.17) is 51.8 Å². The molecule has 11 bridgehead atoms. The summed E-state index contributed by atoms with van der Waals surface area (Å²) in [7, 11) is 0. The number of aliphatic hydroxyl groups is 1. The third-order valence-corrected chi connectivity index (χ3v) is 14.5. The largest absolute Gasteiger partial charge is 0.536 e. The molecule has 3 spiro atoms. The third-order valence-electron chi connectivity index (χ3n) is 14.5. The lowest BCUT2D eigenvalue weighted by Crippen LogP contribution is -2.61. The highest BCUT2D eigenvalue weighted by atomic mass is 17.0. The molecule has 1 unspecified atom stereocenters. The van der Waals surface area contributed by atoms with Gasteiger partial charge in [-0.05, 0) is 46.0 Å². The van der Waals surface area contributed by atoms with Crippen LogP contribution in [0.15, 0.2) is 24.3 Å². The van der Waals surface area contributed by atoms with E-state index in [1.807, 2.05) is 79.7 Å². The van der Waals surface area contributed by atoms with Crippen LogP contribution in [0.25, 0.3) is 0 Å². The highest BCUT2D eigenvalue weighted by Crippen LogP contribution is 2.57. The van der Waals surface area contributed by atoms with E-state index in [1.54, 1.807) is 0 Å². The lowest BCUT2D eigenvalue weighted by atomic mass is 9.73. The van der Waals surface area contributed by atoms with Gasteiger partial charge in [0, 0.05) is 48.9 Å². The molecule has 8 rings (SSSR count). The Labute approximate surface area is 341 Å². The quantitative estimate of drug-likeness (QED) is 0.167. The minimum atomic E-state index is -3.46. The summed E-state index contributed by atoms with van der Waals surface area (Å²) in [5.41, 5.74) is -1.66. The Morgan fingerprint density at radius 3 is 1.67 bits per heavy atom. The summed E-state index contributed by atoms with van der Waals surface area (Å²) in [6.07, 6.45) is 2.33. The normalized spacial score (nSPS) is 51.0. The first-order valence-corrected chi connectivity index (χ1v) is 21.4. The summed E-state index contributed by atoms with van der Waals surface area (Å²) in [4.78, 5) is 42.0. The molecule has 58 heavy (non-hydrogen) atoms. The van der Waals surface area contributed by atoms with Crippen LogP contribution in [-0.2, 0) is 66.2 Å². The number of fused-ring (bicyclic) bond motifs is 8. The molecule has 8 heterocycles. The van der Waals surface area contributed by atoms with Gasteiger partial charge in [-0.25, -0.2) is 9.59 Å². The maximum absolute atomic E-state index is 14.7. The highest BCUT2D eigenvalue weighted by Gasteiger charge is 2.73. The zero-order valence-corrected chi connectivity index (χ0v) is 35.3. The molecule has 324 valence electrons. The van der Waals surface area contributed by atoms with Crippen LogP contribution in [-0.4, -0.2) is 115 Å². The Hall–Kier alpha value is -2.41. The van der Waals surface area contributed by atoms with Gasteiger partial charge < -0.3 is 56.9 Å². The van der Waals surface area contributed by atoms with Gasteiger partial charge in [0.25, 0.3) is 0 Å². The van der Waals surface area contributed by atoms with Gasteiger partial charge in [0.15, 0.2) is 23.8 Å². The first-order valence-electron chi connectivity index (χ1n) is 21.4. The molecule has 15 nitrogen and oxygen atoms in total. The van der Waals surface area contributed by atoms with E-state index in [2.05, 4.69) is 0 Å². The number of carbonyl (C=O) groups excluding carboxylic acids is 3. The lowest BCUT2D eigenvalue weighted by Gasteiger charge is -2.52. The molecule has 0 aromatic rings. The molecule has 16 heteroatoms. The smallest absolute Gasteiger partial charge is 0.504 e. The van der Waals surface area contributed by atoms with Crippen molar-refractivity contribution < 1.29 is 71.3 Å². The molecule has 0 aromatic heterocycles. The summed E-state index contributed by atoms with van der Waals surface area (Å²) in [5, 5.41) is 11.7. The average Bonchev–Trinajstić information content (AvgIpc) is 3.87. The predicted molar refractivity (Wildman–Crippen MR) is 204 cm³/mol. The van der Waals surface area contributed by atoms with Crippen molar-refractivity contribution in [3.63, 3.8) is 0 Å². The minimum absolute atomic E-state index is 0.307. The standard InChI is InChI=1S/C42H62BO15/c1-22-16-18-33-39(6,7)31(45)14-10-12-27-20-29(24(3)48-27)51-38(47)36-42-23(2)17-19-34(54-42)40(8,9)32(50-26(5)44)15-11-13-28-21-30(25(4)49-28)52-37(46)35-41(22,53-33)57-43(55-35,56-36)58-42/h10-13,22-25,27-36,45H,14-21H2,1-9H3/q-1/b12-10+,13-11+/t22-,23-,24-,25-,27-,28-,29+,30+,31-,32-,33+,34+,35+,36+,41+,42+,43?/m1/s1. The number of aliphatic hydroxyl groups excluding tert-OH is 1. The zero-order chi connectivity index (χ0) is 41.6. The van der Waals surface area contributed by atoms with Crippen molar-refractivity contribution >= 4 is 24.9 Å². The van der Waals surface area contributed by atoms with Gasteiger partial charge in [-0.3, -0.25) is 4.79 Å². The molecule has 0 aromatic carbocycles. The van der Waals surface area contributed by atoms with Gasteiger partial charge in [-0.2, -0.15) is 0 Å². The van der Waals surface area contributed by atoms with Gasteiger partial charge in [0.2, 0.25) is 0 Å². The van der Waals surface area contributed by atoms with Crippen molar-refractivity contribution in [2.45, 2.75) is 199 Å². The van der Waals surface area contributed by atoms with Gasteiger partial charge in [-0.1, -0.05) is 65.8 Å². The molecule has 0 saturated carbocycles. The molecule has 1 N–H and O–H groups in total. The summed E-state index contributed by atoms with van der Waals surface area (Å²) in [5.74, 6) is -6.61.